The molecule has 6 unspecified atom stereocenters. The van der Waals surface area contributed by atoms with Crippen LogP contribution in [0.3, 0.4) is 0 Å². The molecule has 0 aromatic rings. The largest absolute Gasteiger partial charge is 0.472 e. The average molecular weight is 909 g/mol. The molecule has 0 heterocycles. The Morgan fingerprint density at radius 1 is 0.435 bits per heavy atom. The molecule has 0 bridgehead atoms. The van der Waals surface area contributed by atoms with Crippen molar-refractivity contribution in [3.63, 3.8) is 0 Å². The molecule has 1 aliphatic rings. The van der Waals surface area contributed by atoms with Crippen molar-refractivity contribution in [3.05, 3.63) is 0 Å². The van der Waals surface area contributed by atoms with Crippen LogP contribution in [0, 0.1) is 0 Å². The number of unbranched alkanes of at least 4 members (excludes halogenated alkanes) is 31. The molecule has 0 aromatic heterocycles. The van der Waals surface area contributed by atoms with E-state index in [0.29, 0.717) is 12.8 Å². The molecule has 62 heavy (non-hydrogen) atoms. The fourth-order valence-electron chi connectivity index (χ4n) is 8.11. The fraction of sp³-hybridized carbons (Fsp3) is 0.958. The summed E-state index contributed by atoms with van der Waals surface area (Å²) in [6.07, 6.45) is 27.2. The summed E-state index contributed by atoms with van der Waals surface area (Å²) < 4.78 is 33.6. The number of carbonyl (C=O) groups excluding carboxylic acids is 2. The van der Waals surface area contributed by atoms with Crippen LogP contribution in [0.15, 0.2) is 0 Å². The molecule has 0 spiro atoms. The van der Waals surface area contributed by atoms with Gasteiger partial charge in [0.05, 0.1) is 6.61 Å². The van der Waals surface area contributed by atoms with E-state index < -0.39 is 75.7 Å². The summed E-state index contributed by atoms with van der Waals surface area (Å²) in [5.74, 6) is -1.08. The molecule has 13 nitrogen and oxygen atoms in total. The van der Waals surface area contributed by atoms with Crippen LogP contribution < -0.4 is 0 Å². The van der Waals surface area contributed by atoms with E-state index in [0.717, 1.165) is 38.5 Å². The van der Waals surface area contributed by atoms with Gasteiger partial charge in [-0.15, -0.1) is 0 Å². The number of phosphoric acid groups is 1. The maximum absolute atomic E-state index is 12.8. The zero-order valence-electron chi connectivity index (χ0n) is 39.2. The predicted octanol–water partition coefficient (Wildman–Crippen LogP) is 10.5. The van der Waals surface area contributed by atoms with Gasteiger partial charge in [-0.1, -0.05) is 213 Å². The second kappa shape index (κ2) is 39.1. The van der Waals surface area contributed by atoms with Crippen molar-refractivity contribution >= 4 is 19.8 Å². The van der Waals surface area contributed by atoms with Crippen molar-refractivity contribution < 1.29 is 63.1 Å². The van der Waals surface area contributed by atoms with Gasteiger partial charge in [0.15, 0.2) is 6.10 Å². The highest BCUT2D eigenvalue weighted by Gasteiger charge is 2.51. The van der Waals surface area contributed by atoms with Gasteiger partial charge in [0.2, 0.25) is 0 Å². The normalized spacial score (nSPS) is 21.7. The summed E-state index contributed by atoms with van der Waals surface area (Å²) in [6, 6.07) is 0. The molecular weight excluding hydrogens is 815 g/mol. The van der Waals surface area contributed by atoms with Gasteiger partial charge < -0.3 is 39.9 Å². The zero-order valence-corrected chi connectivity index (χ0v) is 40.1. The third kappa shape index (κ3) is 30.9. The molecule has 0 aromatic carbocycles. The second-order valence-electron chi connectivity index (χ2n) is 18.0. The first-order chi connectivity index (χ1) is 29.9. The van der Waals surface area contributed by atoms with Gasteiger partial charge in [0, 0.05) is 12.8 Å². The standard InChI is InChI=1S/C48H93O13P/c1-3-5-7-9-11-13-15-17-19-21-23-25-27-29-31-33-35-37-42(50)60-40(39-59-62(56,57)61-48-46(54)44(52)43(51)45(53)47(48)55)38-58-41(49)36-34-32-30-28-26-24-22-20-18-16-14-12-10-8-6-4-2/h40,43-48,51-55H,3-39H2,1-2H3,(H,56,57)/t40-,43?,44-,45?,46?,47?,48?/m1/s1. The first kappa shape index (κ1) is 58.9. The number of rotatable bonds is 43. The van der Waals surface area contributed by atoms with Crippen LogP contribution in [0.2, 0.25) is 0 Å². The Morgan fingerprint density at radius 2 is 0.726 bits per heavy atom. The van der Waals surface area contributed by atoms with Gasteiger partial charge in [-0.3, -0.25) is 18.6 Å². The van der Waals surface area contributed by atoms with Crippen LogP contribution in [0.25, 0.3) is 0 Å². The third-order valence-electron chi connectivity index (χ3n) is 12.2. The molecule has 8 atom stereocenters. The number of ether oxygens (including phenoxy) is 2. The summed E-state index contributed by atoms with van der Waals surface area (Å²) >= 11 is 0. The number of carbonyl (C=O) groups is 2. The lowest BCUT2D eigenvalue weighted by atomic mass is 9.85. The van der Waals surface area contributed by atoms with E-state index in [1.807, 2.05) is 0 Å². The highest BCUT2D eigenvalue weighted by molar-refractivity contribution is 7.47. The monoisotopic (exact) mass is 909 g/mol. The van der Waals surface area contributed by atoms with Crippen molar-refractivity contribution in [2.45, 2.75) is 281 Å². The minimum absolute atomic E-state index is 0.105. The quantitative estimate of drug-likeness (QED) is 0.0191. The smallest absolute Gasteiger partial charge is 0.462 e. The first-order valence-corrected chi connectivity index (χ1v) is 26.8. The van der Waals surface area contributed by atoms with Crippen LogP contribution >= 0.6 is 7.82 Å². The minimum Gasteiger partial charge on any atom is -0.462 e. The molecule has 1 rings (SSSR count). The topological polar surface area (TPSA) is 210 Å². The lowest BCUT2D eigenvalue weighted by Crippen LogP contribution is -2.64. The molecule has 14 heteroatoms. The Labute approximate surface area is 376 Å². The van der Waals surface area contributed by atoms with Crippen molar-refractivity contribution in [1.82, 2.24) is 0 Å². The van der Waals surface area contributed by atoms with Gasteiger partial charge in [0.25, 0.3) is 0 Å². The fourth-order valence-corrected chi connectivity index (χ4v) is 9.09. The Bertz CT molecular complexity index is 1100. The summed E-state index contributed by atoms with van der Waals surface area (Å²) in [4.78, 5) is 35.8. The molecule has 0 aliphatic heterocycles. The number of aliphatic hydroxyl groups is 5. The van der Waals surface area contributed by atoms with Crippen molar-refractivity contribution in [2.24, 2.45) is 0 Å². The lowest BCUT2D eigenvalue weighted by molar-refractivity contribution is -0.220. The molecular formula is C48H93O13P. The third-order valence-corrected chi connectivity index (χ3v) is 13.2. The van der Waals surface area contributed by atoms with Crippen LogP contribution in [-0.2, 0) is 32.7 Å². The number of hydrogen-bond acceptors (Lipinski definition) is 12. The van der Waals surface area contributed by atoms with E-state index in [9.17, 15) is 44.6 Å². The Kier molecular flexibility index (Phi) is 37.1. The summed E-state index contributed by atoms with van der Waals surface area (Å²) in [5.41, 5.74) is 0. The Morgan fingerprint density at radius 3 is 1.06 bits per heavy atom. The summed E-state index contributed by atoms with van der Waals surface area (Å²) in [5, 5.41) is 50.2. The van der Waals surface area contributed by atoms with Crippen molar-refractivity contribution in [1.29, 1.82) is 0 Å². The summed E-state index contributed by atoms with van der Waals surface area (Å²) in [6.45, 7) is 3.34. The maximum Gasteiger partial charge on any atom is 0.472 e. The first-order valence-electron chi connectivity index (χ1n) is 25.3. The molecule has 0 saturated heterocycles. The van der Waals surface area contributed by atoms with Crippen LogP contribution in [0.5, 0.6) is 0 Å². The van der Waals surface area contributed by atoms with Crippen molar-refractivity contribution in [2.75, 3.05) is 13.2 Å². The van der Waals surface area contributed by atoms with E-state index in [1.165, 1.54) is 161 Å². The molecule has 6 N–H and O–H groups in total. The molecule has 1 fully saturated rings. The molecule has 0 amide bonds. The number of aliphatic hydroxyl groups excluding tert-OH is 5. The van der Waals surface area contributed by atoms with Crippen molar-refractivity contribution in [3.8, 4) is 0 Å². The predicted molar refractivity (Wildman–Crippen MR) is 244 cm³/mol. The molecule has 368 valence electrons. The molecule has 0 radical (unpaired) electrons. The van der Waals surface area contributed by atoms with E-state index >= 15 is 0 Å². The van der Waals surface area contributed by atoms with Gasteiger partial charge in [-0.25, -0.2) is 4.57 Å². The van der Waals surface area contributed by atoms with Crippen LogP contribution in [-0.4, -0.2) is 98.3 Å². The highest BCUT2D eigenvalue weighted by atomic mass is 31.2. The number of phosphoric ester groups is 1. The molecule has 1 aliphatic carbocycles. The van der Waals surface area contributed by atoms with E-state index in [1.54, 1.807) is 0 Å². The molecule has 1 saturated carbocycles. The number of hydrogen-bond donors (Lipinski definition) is 6. The minimum atomic E-state index is -5.11. The maximum atomic E-state index is 12.8. The number of esters is 2. The van der Waals surface area contributed by atoms with Crippen LogP contribution in [0.1, 0.15) is 239 Å². The van der Waals surface area contributed by atoms with E-state index in [2.05, 4.69) is 13.8 Å². The van der Waals surface area contributed by atoms with Gasteiger partial charge in [0.1, 0.15) is 43.2 Å². The van der Waals surface area contributed by atoms with Gasteiger partial charge in [-0.2, -0.15) is 0 Å². The zero-order chi connectivity index (χ0) is 45.7. The van der Waals surface area contributed by atoms with Gasteiger partial charge >= 0.3 is 19.8 Å². The van der Waals surface area contributed by atoms with Gasteiger partial charge in [-0.05, 0) is 12.8 Å². The second-order valence-corrected chi connectivity index (χ2v) is 19.4. The SMILES string of the molecule is CCCCCCCCCCCCCCCCCCCC(=O)O[C@H](COC(=O)CCCCCCCCCCCCCCCCCC)COP(=O)(O)OC1C(O)C(O)C(O)[C@@H](O)C1O. The lowest BCUT2D eigenvalue weighted by Gasteiger charge is -2.41. The highest BCUT2D eigenvalue weighted by Crippen LogP contribution is 2.47. The van der Waals surface area contributed by atoms with E-state index in [-0.39, 0.29) is 12.8 Å². The Balaban J connectivity index is 2.39. The average Bonchev–Trinajstić information content (AvgIpc) is 3.25. The Hall–Kier alpha value is -1.15. The summed E-state index contributed by atoms with van der Waals surface area (Å²) in [7, 11) is -5.11. The van der Waals surface area contributed by atoms with Crippen LogP contribution in [0.4, 0.5) is 0 Å². The van der Waals surface area contributed by atoms with E-state index in [4.69, 9.17) is 18.5 Å².